The maximum Gasteiger partial charge on any atom is 0.117 e. The highest BCUT2D eigenvalue weighted by atomic mass is 16.3. The molecule has 1 N–H and O–H groups in total. The minimum absolute atomic E-state index is 0.367. The molecule has 0 spiro atoms. The van der Waals surface area contributed by atoms with Crippen LogP contribution in [0.5, 0.6) is 0 Å². The summed E-state index contributed by atoms with van der Waals surface area (Å²) in [6.07, 6.45) is 4.37. The van der Waals surface area contributed by atoms with E-state index < -0.39 is 0 Å². The van der Waals surface area contributed by atoms with Crippen molar-refractivity contribution in [2.75, 3.05) is 13.1 Å². The van der Waals surface area contributed by atoms with Crippen LogP contribution in [-0.4, -0.2) is 29.6 Å². The van der Waals surface area contributed by atoms with E-state index in [1.807, 2.05) is 12.1 Å². The molecule has 1 unspecified atom stereocenters. The van der Waals surface area contributed by atoms with Crippen molar-refractivity contribution in [2.45, 2.75) is 51.7 Å². The third kappa shape index (κ3) is 3.11. The molecule has 2 rings (SSSR count). The van der Waals surface area contributed by atoms with Crippen molar-refractivity contribution in [3.63, 3.8) is 0 Å². The van der Waals surface area contributed by atoms with E-state index in [4.69, 9.17) is 4.42 Å². The van der Waals surface area contributed by atoms with Gasteiger partial charge in [-0.25, -0.2) is 0 Å². The first kappa shape index (κ1) is 12.7. The van der Waals surface area contributed by atoms with Crippen molar-refractivity contribution in [1.82, 2.24) is 10.2 Å². The van der Waals surface area contributed by atoms with Crippen LogP contribution in [0.15, 0.2) is 22.8 Å². The first-order valence-electron chi connectivity index (χ1n) is 6.59. The smallest absolute Gasteiger partial charge is 0.117 e. The molecule has 3 nitrogen and oxygen atoms in total. The van der Waals surface area contributed by atoms with Crippen molar-refractivity contribution >= 4 is 0 Å². The first-order chi connectivity index (χ1) is 8.09. The summed E-state index contributed by atoms with van der Waals surface area (Å²) in [5, 5.41) is 3.47. The Morgan fingerprint density at radius 2 is 2.35 bits per heavy atom. The number of hydrogen-bond donors (Lipinski definition) is 1. The van der Waals surface area contributed by atoms with E-state index in [0.29, 0.717) is 11.6 Å². The summed E-state index contributed by atoms with van der Waals surface area (Å²) in [5.41, 5.74) is 0.367. The minimum Gasteiger partial charge on any atom is -0.468 e. The van der Waals surface area contributed by atoms with Crippen molar-refractivity contribution in [1.29, 1.82) is 0 Å². The van der Waals surface area contributed by atoms with Gasteiger partial charge in [0.05, 0.1) is 12.8 Å². The quantitative estimate of drug-likeness (QED) is 0.852. The van der Waals surface area contributed by atoms with E-state index >= 15 is 0 Å². The summed E-state index contributed by atoms with van der Waals surface area (Å²) in [6.45, 7) is 10.1. The predicted octanol–water partition coefficient (Wildman–Crippen LogP) is 2.63. The molecule has 0 bridgehead atoms. The SMILES string of the molecule is CC(CNCc1ccco1)N1CCCC1(C)C. The highest BCUT2D eigenvalue weighted by molar-refractivity contribution is 4.98. The van der Waals surface area contributed by atoms with Gasteiger partial charge in [-0.15, -0.1) is 0 Å². The number of nitrogens with zero attached hydrogens (tertiary/aromatic N) is 1. The molecule has 1 atom stereocenters. The standard InChI is InChI=1S/C14H24N2O/c1-12(16-8-5-7-14(16,2)3)10-15-11-13-6-4-9-17-13/h4,6,9,12,15H,5,7-8,10-11H2,1-3H3. The molecule has 1 aliphatic heterocycles. The number of likely N-dealkylation sites (tertiary alicyclic amines) is 1. The lowest BCUT2D eigenvalue weighted by Crippen LogP contribution is -2.48. The van der Waals surface area contributed by atoms with Crippen molar-refractivity contribution < 1.29 is 4.42 Å². The second kappa shape index (κ2) is 5.23. The Morgan fingerprint density at radius 1 is 1.53 bits per heavy atom. The maximum atomic E-state index is 5.31. The molecular weight excluding hydrogens is 212 g/mol. The summed E-state index contributed by atoms with van der Waals surface area (Å²) >= 11 is 0. The zero-order chi connectivity index (χ0) is 12.3. The van der Waals surface area contributed by atoms with Gasteiger partial charge in [0.1, 0.15) is 5.76 Å². The zero-order valence-corrected chi connectivity index (χ0v) is 11.2. The molecule has 1 saturated heterocycles. The fourth-order valence-corrected chi connectivity index (χ4v) is 2.87. The molecule has 0 saturated carbocycles. The summed E-state index contributed by atoms with van der Waals surface area (Å²) < 4.78 is 5.31. The average molecular weight is 236 g/mol. The van der Waals surface area contributed by atoms with Gasteiger partial charge in [0.15, 0.2) is 0 Å². The van der Waals surface area contributed by atoms with Gasteiger partial charge in [-0.3, -0.25) is 4.90 Å². The largest absolute Gasteiger partial charge is 0.468 e. The second-order valence-electron chi connectivity index (χ2n) is 5.67. The highest BCUT2D eigenvalue weighted by Gasteiger charge is 2.34. The van der Waals surface area contributed by atoms with E-state index in [1.165, 1.54) is 19.4 Å². The Labute approximate surface area is 104 Å². The topological polar surface area (TPSA) is 28.4 Å². The lowest BCUT2D eigenvalue weighted by molar-refractivity contribution is 0.123. The molecule has 1 fully saturated rings. The van der Waals surface area contributed by atoms with Crippen LogP contribution in [0.4, 0.5) is 0 Å². The summed E-state index contributed by atoms with van der Waals surface area (Å²) in [4.78, 5) is 2.61. The number of nitrogens with one attached hydrogen (secondary N) is 1. The van der Waals surface area contributed by atoms with Gasteiger partial charge < -0.3 is 9.73 Å². The summed E-state index contributed by atoms with van der Waals surface area (Å²) in [5.74, 6) is 1.01. The van der Waals surface area contributed by atoms with E-state index in [0.717, 1.165) is 18.8 Å². The zero-order valence-electron chi connectivity index (χ0n) is 11.2. The van der Waals surface area contributed by atoms with Gasteiger partial charge in [-0.1, -0.05) is 0 Å². The first-order valence-corrected chi connectivity index (χ1v) is 6.59. The molecule has 17 heavy (non-hydrogen) atoms. The van der Waals surface area contributed by atoms with E-state index in [9.17, 15) is 0 Å². The molecule has 0 amide bonds. The fourth-order valence-electron chi connectivity index (χ4n) is 2.87. The van der Waals surface area contributed by atoms with Crippen LogP contribution in [0.3, 0.4) is 0 Å². The molecule has 0 radical (unpaired) electrons. The van der Waals surface area contributed by atoms with Gasteiger partial charge >= 0.3 is 0 Å². The van der Waals surface area contributed by atoms with Gasteiger partial charge in [0.25, 0.3) is 0 Å². The van der Waals surface area contributed by atoms with Crippen LogP contribution in [0.2, 0.25) is 0 Å². The second-order valence-corrected chi connectivity index (χ2v) is 5.67. The minimum atomic E-state index is 0.367. The maximum absolute atomic E-state index is 5.31. The van der Waals surface area contributed by atoms with Crippen molar-refractivity contribution in [2.24, 2.45) is 0 Å². The molecule has 96 valence electrons. The van der Waals surface area contributed by atoms with Crippen LogP contribution in [0.1, 0.15) is 39.4 Å². The molecule has 1 aromatic rings. The Morgan fingerprint density at radius 3 is 2.94 bits per heavy atom. The molecule has 2 heterocycles. The van der Waals surface area contributed by atoms with Crippen LogP contribution in [-0.2, 0) is 6.54 Å². The Bertz CT molecular complexity index is 332. The van der Waals surface area contributed by atoms with Crippen LogP contribution in [0, 0.1) is 0 Å². The molecule has 3 heteroatoms. The number of rotatable bonds is 5. The van der Waals surface area contributed by atoms with E-state index in [1.54, 1.807) is 6.26 Å². The molecular formula is C14H24N2O. The Hall–Kier alpha value is -0.800. The fraction of sp³-hybridized carbons (Fsp3) is 0.714. The van der Waals surface area contributed by atoms with Gasteiger partial charge in [-0.05, 0) is 52.3 Å². The average Bonchev–Trinajstić information content (AvgIpc) is 2.87. The summed E-state index contributed by atoms with van der Waals surface area (Å²) in [6, 6.07) is 4.53. The van der Waals surface area contributed by atoms with Gasteiger partial charge in [-0.2, -0.15) is 0 Å². The third-order valence-electron chi connectivity index (χ3n) is 3.82. The monoisotopic (exact) mass is 236 g/mol. The molecule has 0 aliphatic carbocycles. The van der Waals surface area contributed by atoms with Crippen molar-refractivity contribution in [3.05, 3.63) is 24.2 Å². The highest BCUT2D eigenvalue weighted by Crippen LogP contribution is 2.29. The number of hydrogen-bond acceptors (Lipinski definition) is 3. The van der Waals surface area contributed by atoms with E-state index in [-0.39, 0.29) is 0 Å². The van der Waals surface area contributed by atoms with Crippen LogP contribution in [0.25, 0.3) is 0 Å². The van der Waals surface area contributed by atoms with Gasteiger partial charge in [0.2, 0.25) is 0 Å². The molecule has 1 aromatic heterocycles. The molecule has 1 aliphatic rings. The summed E-state index contributed by atoms with van der Waals surface area (Å²) in [7, 11) is 0. The Kier molecular flexibility index (Phi) is 3.89. The third-order valence-corrected chi connectivity index (χ3v) is 3.82. The van der Waals surface area contributed by atoms with Crippen molar-refractivity contribution in [3.8, 4) is 0 Å². The van der Waals surface area contributed by atoms with Crippen LogP contribution < -0.4 is 5.32 Å². The normalized spacial score (nSPS) is 21.8. The number of furan rings is 1. The predicted molar refractivity (Wildman–Crippen MR) is 69.9 cm³/mol. The lowest BCUT2D eigenvalue weighted by atomic mass is 10.0. The Balaban J connectivity index is 1.75. The van der Waals surface area contributed by atoms with Crippen LogP contribution >= 0.6 is 0 Å². The lowest BCUT2D eigenvalue weighted by Gasteiger charge is -2.36. The van der Waals surface area contributed by atoms with Gasteiger partial charge in [0, 0.05) is 18.1 Å². The molecule has 0 aromatic carbocycles. The van der Waals surface area contributed by atoms with E-state index in [2.05, 4.69) is 31.0 Å².